The zero-order valence-electron chi connectivity index (χ0n) is 11.3. The third-order valence-electron chi connectivity index (χ3n) is 3.16. The molecule has 1 aliphatic rings. The van der Waals surface area contributed by atoms with Crippen LogP contribution in [0.1, 0.15) is 6.42 Å². The number of amides is 1. The molecule has 2 atom stereocenters. The zero-order chi connectivity index (χ0) is 15.2. The van der Waals surface area contributed by atoms with Crippen molar-refractivity contribution >= 4 is 27.8 Å². The van der Waals surface area contributed by atoms with Gasteiger partial charge in [0.05, 0.1) is 32.3 Å². The number of carbonyl (C=O) groups is 2. The fourth-order valence-corrected chi connectivity index (χ4v) is 2.28. The van der Waals surface area contributed by atoms with Gasteiger partial charge in [0.2, 0.25) is 5.91 Å². The van der Waals surface area contributed by atoms with Crippen molar-refractivity contribution < 1.29 is 24.2 Å². The maximum Gasteiger partial charge on any atom is 0.311 e. The molecule has 0 aromatic heterocycles. The molecular formula is C14H16BrNO5. The molecule has 21 heavy (non-hydrogen) atoms. The molecule has 0 bridgehead atoms. The number of hydrogen-bond acceptors (Lipinski definition) is 4. The molecule has 0 spiro atoms. The third-order valence-corrected chi connectivity index (χ3v) is 3.68. The number of ether oxygens (including phenoxy) is 2. The molecule has 1 aromatic rings. The Morgan fingerprint density at radius 2 is 2.05 bits per heavy atom. The van der Waals surface area contributed by atoms with Crippen molar-refractivity contribution in [3.05, 3.63) is 28.7 Å². The van der Waals surface area contributed by atoms with Gasteiger partial charge in [0.25, 0.3) is 0 Å². The van der Waals surface area contributed by atoms with E-state index in [9.17, 15) is 9.59 Å². The van der Waals surface area contributed by atoms with Crippen LogP contribution >= 0.6 is 15.9 Å². The number of halogens is 1. The molecule has 1 heterocycles. The predicted molar refractivity (Wildman–Crippen MR) is 78.1 cm³/mol. The van der Waals surface area contributed by atoms with Gasteiger partial charge in [-0.3, -0.25) is 9.59 Å². The van der Waals surface area contributed by atoms with Crippen LogP contribution in [-0.2, 0) is 14.3 Å². The van der Waals surface area contributed by atoms with Crippen LogP contribution in [0.2, 0.25) is 0 Å². The molecule has 1 fully saturated rings. The van der Waals surface area contributed by atoms with E-state index in [0.29, 0.717) is 5.75 Å². The van der Waals surface area contributed by atoms with E-state index in [1.807, 2.05) is 12.1 Å². The molecule has 114 valence electrons. The van der Waals surface area contributed by atoms with Crippen molar-refractivity contribution in [2.45, 2.75) is 12.5 Å². The fraction of sp³-hybridized carbons (Fsp3) is 0.429. The lowest BCUT2D eigenvalue weighted by Crippen LogP contribution is -2.43. The average molecular weight is 358 g/mol. The molecule has 1 aliphatic heterocycles. The number of rotatable bonds is 6. The highest BCUT2D eigenvalue weighted by molar-refractivity contribution is 9.10. The summed E-state index contributed by atoms with van der Waals surface area (Å²) in [6, 6.07) is 6.83. The number of nitrogens with one attached hydrogen (secondary N) is 1. The number of hydrogen-bond donors (Lipinski definition) is 2. The summed E-state index contributed by atoms with van der Waals surface area (Å²) >= 11 is 3.32. The van der Waals surface area contributed by atoms with Crippen LogP contribution in [0.15, 0.2) is 28.7 Å². The van der Waals surface area contributed by atoms with E-state index >= 15 is 0 Å². The molecule has 7 heteroatoms. The van der Waals surface area contributed by atoms with E-state index in [0.717, 1.165) is 4.47 Å². The molecule has 0 aliphatic carbocycles. The molecule has 1 aromatic carbocycles. The average Bonchev–Trinajstić information content (AvgIpc) is 2.89. The normalized spacial score (nSPS) is 21.0. The summed E-state index contributed by atoms with van der Waals surface area (Å²) < 4.78 is 11.5. The van der Waals surface area contributed by atoms with Crippen molar-refractivity contribution in [2.24, 2.45) is 5.92 Å². The SMILES string of the molecule is O=C(CCOc1ccc(Br)cc1)NC1COCC1C(=O)O. The van der Waals surface area contributed by atoms with E-state index < -0.39 is 17.9 Å². The highest BCUT2D eigenvalue weighted by Gasteiger charge is 2.34. The predicted octanol–water partition coefficient (Wildman–Crippen LogP) is 1.43. The van der Waals surface area contributed by atoms with Gasteiger partial charge in [-0.2, -0.15) is 0 Å². The van der Waals surface area contributed by atoms with Gasteiger partial charge in [0.1, 0.15) is 11.7 Å². The summed E-state index contributed by atoms with van der Waals surface area (Å²) in [5.41, 5.74) is 0. The highest BCUT2D eigenvalue weighted by atomic mass is 79.9. The van der Waals surface area contributed by atoms with Gasteiger partial charge in [-0.05, 0) is 24.3 Å². The maximum atomic E-state index is 11.8. The number of carboxylic acid groups (broad SMARTS) is 1. The largest absolute Gasteiger partial charge is 0.493 e. The second-order valence-electron chi connectivity index (χ2n) is 4.71. The summed E-state index contributed by atoms with van der Waals surface area (Å²) in [7, 11) is 0. The molecule has 2 rings (SSSR count). The second-order valence-corrected chi connectivity index (χ2v) is 5.62. The lowest BCUT2D eigenvalue weighted by Gasteiger charge is -2.15. The van der Waals surface area contributed by atoms with Crippen molar-refractivity contribution in [1.29, 1.82) is 0 Å². The van der Waals surface area contributed by atoms with Crippen LogP contribution < -0.4 is 10.1 Å². The first-order valence-corrected chi connectivity index (χ1v) is 7.34. The number of aliphatic carboxylic acids is 1. The first-order chi connectivity index (χ1) is 10.1. The summed E-state index contributed by atoms with van der Waals surface area (Å²) in [6.45, 7) is 0.602. The molecule has 6 nitrogen and oxygen atoms in total. The molecule has 2 N–H and O–H groups in total. The minimum absolute atomic E-state index is 0.135. The number of benzene rings is 1. The van der Waals surface area contributed by atoms with Crippen LogP contribution in [0.25, 0.3) is 0 Å². The summed E-state index contributed by atoms with van der Waals surface area (Å²) in [5.74, 6) is -1.20. The molecule has 1 amide bonds. The Bertz CT molecular complexity index is 505. The number of carbonyl (C=O) groups excluding carboxylic acids is 1. The minimum Gasteiger partial charge on any atom is -0.493 e. The quantitative estimate of drug-likeness (QED) is 0.804. The first-order valence-electron chi connectivity index (χ1n) is 6.54. The van der Waals surface area contributed by atoms with Crippen molar-refractivity contribution in [3.8, 4) is 5.75 Å². The van der Waals surface area contributed by atoms with E-state index in [1.54, 1.807) is 12.1 Å². The third kappa shape index (κ3) is 4.71. The Kier molecular flexibility index (Phi) is 5.58. The summed E-state index contributed by atoms with van der Waals surface area (Å²) in [4.78, 5) is 22.7. The van der Waals surface area contributed by atoms with Gasteiger partial charge in [-0.1, -0.05) is 15.9 Å². The second kappa shape index (κ2) is 7.42. The van der Waals surface area contributed by atoms with Crippen molar-refractivity contribution in [1.82, 2.24) is 5.32 Å². The maximum absolute atomic E-state index is 11.8. The lowest BCUT2D eigenvalue weighted by atomic mass is 10.0. The van der Waals surface area contributed by atoms with Crippen LogP contribution in [0.4, 0.5) is 0 Å². The zero-order valence-corrected chi connectivity index (χ0v) is 12.8. The Morgan fingerprint density at radius 3 is 2.71 bits per heavy atom. The smallest absolute Gasteiger partial charge is 0.311 e. The van der Waals surface area contributed by atoms with Gasteiger partial charge in [0, 0.05) is 4.47 Å². The Hall–Kier alpha value is -1.60. The van der Waals surface area contributed by atoms with Crippen LogP contribution in [0.5, 0.6) is 5.75 Å². The topological polar surface area (TPSA) is 84.9 Å². The molecule has 2 unspecified atom stereocenters. The fourth-order valence-electron chi connectivity index (χ4n) is 2.01. The Morgan fingerprint density at radius 1 is 1.33 bits per heavy atom. The standard InChI is InChI=1S/C14H16BrNO5/c15-9-1-3-10(4-2-9)21-6-5-13(17)16-12-8-20-7-11(12)14(18)19/h1-4,11-12H,5-8H2,(H,16,17)(H,18,19). The van der Waals surface area contributed by atoms with Gasteiger partial charge < -0.3 is 19.9 Å². The van der Waals surface area contributed by atoms with Crippen molar-refractivity contribution in [2.75, 3.05) is 19.8 Å². The van der Waals surface area contributed by atoms with Gasteiger partial charge in [0.15, 0.2) is 0 Å². The number of carboxylic acids is 1. The molecule has 0 radical (unpaired) electrons. The van der Waals surface area contributed by atoms with Crippen LogP contribution in [0.3, 0.4) is 0 Å². The summed E-state index contributed by atoms with van der Waals surface area (Å²) in [5, 5.41) is 11.7. The van der Waals surface area contributed by atoms with E-state index in [-0.39, 0.29) is 32.1 Å². The lowest BCUT2D eigenvalue weighted by molar-refractivity contribution is -0.142. The molecule has 1 saturated heterocycles. The van der Waals surface area contributed by atoms with Crippen LogP contribution in [-0.4, -0.2) is 42.8 Å². The van der Waals surface area contributed by atoms with E-state index in [4.69, 9.17) is 14.6 Å². The first kappa shape index (κ1) is 15.8. The van der Waals surface area contributed by atoms with Crippen molar-refractivity contribution in [3.63, 3.8) is 0 Å². The monoisotopic (exact) mass is 357 g/mol. The minimum atomic E-state index is -0.955. The van der Waals surface area contributed by atoms with E-state index in [1.165, 1.54) is 0 Å². The Labute approximate surface area is 130 Å². The van der Waals surface area contributed by atoms with Gasteiger partial charge in [-0.25, -0.2) is 0 Å². The highest BCUT2D eigenvalue weighted by Crippen LogP contribution is 2.16. The Balaban J connectivity index is 1.72. The van der Waals surface area contributed by atoms with Crippen LogP contribution in [0, 0.1) is 5.92 Å². The summed E-state index contributed by atoms with van der Waals surface area (Å²) in [6.07, 6.45) is 0.166. The van der Waals surface area contributed by atoms with Gasteiger partial charge in [-0.15, -0.1) is 0 Å². The van der Waals surface area contributed by atoms with Gasteiger partial charge >= 0.3 is 5.97 Å². The molecular weight excluding hydrogens is 342 g/mol. The van der Waals surface area contributed by atoms with E-state index in [2.05, 4.69) is 21.2 Å². The molecule has 0 saturated carbocycles.